The minimum Gasteiger partial charge on any atom is -0.379 e. The van der Waals surface area contributed by atoms with Gasteiger partial charge in [0.05, 0.1) is 19.0 Å². The predicted molar refractivity (Wildman–Crippen MR) is 136 cm³/mol. The summed E-state index contributed by atoms with van der Waals surface area (Å²) in [5.41, 5.74) is 2.87. The number of anilines is 1. The van der Waals surface area contributed by atoms with Gasteiger partial charge in [-0.05, 0) is 37.1 Å². The molecule has 1 aliphatic carbocycles. The molecule has 2 aliphatic rings. The summed E-state index contributed by atoms with van der Waals surface area (Å²) in [6, 6.07) is 13.9. The predicted octanol–water partition coefficient (Wildman–Crippen LogP) is 3.34. The van der Waals surface area contributed by atoms with Crippen LogP contribution in [-0.4, -0.2) is 59.0 Å². The maximum absolute atomic E-state index is 12.9. The number of morpholine rings is 1. The number of aromatic nitrogens is 2. The van der Waals surface area contributed by atoms with Crippen molar-refractivity contribution in [2.75, 3.05) is 43.9 Å². The van der Waals surface area contributed by atoms with Crippen molar-refractivity contribution < 1.29 is 9.53 Å². The molecule has 1 aliphatic heterocycles. The zero-order valence-corrected chi connectivity index (χ0v) is 20.1. The van der Waals surface area contributed by atoms with E-state index >= 15 is 0 Å². The second-order valence-corrected chi connectivity index (χ2v) is 9.77. The Morgan fingerprint density at radius 3 is 2.76 bits per heavy atom. The molecule has 3 aromatic rings. The first-order chi connectivity index (χ1) is 16.7. The largest absolute Gasteiger partial charge is 0.379 e. The van der Waals surface area contributed by atoms with Gasteiger partial charge >= 0.3 is 5.69 Å². The fourth-order valence-electron chi connectivity index (χ4n) is 4.87. The van der Waals surface area contributed by atoms with E-state index in [9.17, 15) is 9.59 Å². The van der Waals surface area contributed by atoms with Crippen molar-refractivity contribution in [3.63, 3.8) is 0 Å². The molecule has 2 heterocycles. The van der Waals surface area contributed by atoms with Crippen molar-refractivity contribution in [1.29, 1.82) is 0 Å². The first-order valence-corrected chi connectivity index (χ1v) is 13.0. The van der Waals surface area contributed by atoms with Gasteiger partial charge in [0, 0.05) is 48.5 Å². The number of thioether (sulfide) groups is 1. The third-order valence-corrected chi connectivity index (χ3v) is 7.58. The lowest BCUT2D eigenvalue weighted by Crippen LogP contribution is -2.37. The molecule has 7 nitrogen and oxygen atoms in total. The molecule has 1 amide bonds. The smallest absolute Gasteiger partial charge is 0.348 e. The van der Waals surface area contributed by atoms with Crippen LogP contribution in [0.3, 0.4) is 0 Å². The van der Waals surface area contributed by atoms with Crippen LogP contribution in [0.15, 0.2) is 52.3 Å². The molecule has 2 aromatic carbocycles. The van der Waals surface area contributed by atoms with Crippen LogP contribution in [0.5, 0.6) is 0 Å². The van der Waals surface area contributed by atoms with Crippen LogP contribution in [-0.2, 0) is 28.9 Å². The van der Waals surface area contributed by atoms with E-state index in [1.807, 2.05) is 47.0 Å². The minimum absolute atomic E-state index is 0.0930. The van der Waals surface area contributed by atoms with Crippen LogP contribution in [0.2, 0.25) is 0 Å². The van der Waals surface area contributed by atoms with Gasteiger partial charge < -0.3 is 10.1 Å². The van der Waals surface area contributed by atoms with Crippen LogP contribution < -0.4 is 11.0 Å². The molecule has 5 rings (SSSR count). The number of nitrogens with zero attached hydrogens (tertiary/aromatic N) is 3. The Bertz CT molecular complexity index is 1230. The Hall–Kier alpha value is -2.68. The highest BCUT2D eigenvalue weighted by atomic mass is 32.2. The number of nitrogens with one attached hydrogen (secondary N) is 1. The van der Waals surface area contributed by atoms with E-state index in [0.29, 0.717) is 6.54 Å². The molecule has 1 fully saturated rings. The topological polar surface area (TPSA) is 76.5 Å². The second-order valence-electron chi connectivity index (χ2n) is 8.80. The maximum Gasteiger partial charge on any atom is 0.348 e. The number of hydrogen-bond donors (Lipinski definition) is 1. The van der Waals surface area contributed by atoms with Gasteiger partial charge in [0.1, 0.15) is 5.03 Å². The Balaban J connectivity index is 1.23. The average Bonchev–Trinajstić information content (AvgIpc) is 3.35. The molecule has 178 valence electrons. The Labute approximate surface area is 203 Å². The molecular formula is C26H30N4O3S. The zero-order chi connectivity index (χ0) is 23.3. The Kier molecular flexibility index (Phi) is 7.27. The first-order valence-electron chi connectivity index (χ1n) is 12.0. The SMILES string of the molecule is O=C(CSc1nc(=O)n(CCCN2CCOCC2)c2c1CCC2)Nc1cccc2ccccc12. The highest BCUT2D eigenvalue weighted by Crippen LogP contribution is 2.30. The van der Waals surface area contributed by atoms with Gasteiger partial charge in [-0.3, -0.25) is 14.3 Å². The van der Waals surface area contributed by atoms with Crippen LogP contribution in [0.1, 0.15) is 24.1 Å². The standard InChI is InChI=1S/C26H30N4O3S/c31-24(27-22-10-3-7-19-6-1-2-8-20(19)22)18-34-25-21-9-4-11-23(21)30(26(32)28-25)13-5-12-29-14-16-33-17-15-29/h1-3,6-8,10H,4-5,9,11-18H2,(H,27,31). The summed E-state index contributed by atoms with van der Waals surface area (Å²) in [5, 5.41) is 5.84. The third-order valence-electron chi connectivity index (χ3n) is 6.56. The van der Waals surface area contributed by atoms with Gasteiger partial charge in [0.15, 0.2) is 0 Å². The van der Waals surface area contributed by atoms with Crippen molar-refractivity contribution in [2.24, 2.45) is 0 Å². The molecule has 0 atom stereocenters. The third kappa shape index (κ3) is 5.19. The number of ether oxygens (including phenoxy) is 1. The summed E-state index contributed by atoms with van der Waals surface area (Å²) >= 11 is 1.37. The summed E-state index contributed by atoms with van der Waals surface area (Å²) < 4.78 is 7.28. The van der Waals surface area contributed by atoms with Crippen molar-refractivity contribution in [2.45, 2.75) is 37.3 Å². The van der Waals surface area contributed by atoms with E-state index in [0.717, 1.165) is 91.3 Å². The van der Waals surface area contributed by atoms with E-state index < -0.39 is 0 Å². The molecule has 1 N–H and O–H groups in total. The second kappa shape index (κ2) is 10.7. The normalized spacial score (nSPS) is 16.0. The fourth-order valence-corrected chi connectivity index (χ4v) is 5.74. The molecule has 0 unspecified atom stereocenters. The zero-order valence-electron chi connectivity index (χ0n) is 19.3. The molecule has 1 aromatic heterocycles. The molecule has 8 heteroatoms. The van der Waals surface area contributed by atoms with Crippen molar-refractivity contribution in [3.05, 3.63) is 64.2 Å². The number of amides is 1. The molecule has 0 bridgehead atoms. The number of hydrogen-bond acceptors (Lipinski definition) is 6. The number of benzene rings is 2. The highest BCUT2D eigenvalue weighted by molar-refractivity contribution is 8.00. The van der Waals surface area contributed by atoms with E-state index in [2.05, 4.69) is 15.2 Å². The van der Waals surface area contributed by atoms with Crippen molar-refractivity contribution >= 4 is 34.1 Å². The molecule has 0 radical (unpaired) electrons. The summed E-state index contributed by atoms with van der Waals surface area (Å²) in [7, 11) is 0. The molecule has 0 spiro atoms. The number of fused-ring (bicyclic) bond motifs is 2. The monoisotopic (exact) mass is 478 g/mol. The number of carbonyl (C=O) groups is 1. The van der Waals surface area contributed by atoms with E-state index in [1.54, 1.807) is 0 Å². The molecular weight excluding hydrogens is 448 g/mol. The lowest BCUT2D eigenvalue weighted by Gasteiger charge is -2.26. The molecule has 0 saturated carbocycles. The lowest BCUT2D eigenvalue weighted by atomic mass is 10.1. The van der Waals surface area contributed by atoms with E-state index in [4.69, 9.17) is 4.74 Å². The van der Waals surface area contributed by atoms with E-state index in [-0.39, 0.29) is 17.3 Å². The summed E-state index contributed by atoms with van der Waals surface area (Å²) in [4.78, 5) is 32.4. The minimum atomic E-state index is -0.195. The Morgan fingerprint density at radius 2 is 1.88 bits per heavy atom. The van der Waals surface area contributed by atoms with Gasteiger partial charge in [-0.1, -0.05) is 48.2 Å². The molecule has 34 heavy (non-hydrogen) atoms. The quantitative estimate of drug-likeness (QED) is 0.395. The summed E-state index contributed by atoms with van der Waals surface area (Å²) in [6.45, 7) is 5.16. The number of rotatable bonds is 8. The Morgan fingerprint density at radius 1 is 1.06 bits per heavy atom. The molecule has 1 saturated heterocycles. The number of carbonyl (C=O) groups excluding carboxylic acids is 1. The van der Waals surface area contributed by atoms with Gasteiger partial charge in [-0.15, -0.1) is 0 Å². The van der Waals surface area contributed by atoms with E-state index in [1.165, 1.54) is 11.8 Å². The summed E-state index contributed by atoms with van der Waals surface area (Å²) in [5.74, 6) is 0.132. The van der Waals surface area contributed by atoms with Crippen LogP contribution in [0, 0.1) is 0 Å². The van der Waals surface area contributed by atoms with Gasteiger partial charge in [-0.2, -0.15) is 4.98 Å². The van der Waals surface area contributed by atoms with Gasteiger partial charge in [0.2, 0.25) is 5.91 Å². The fraction of sp³-hybridized carbons (Fsp3) is 0.423. The van der Waals surface area contributed by atoms with Crippen LogP contribution >= 0.6 is 11.8 Å². The highest BCUT2D eigenvalue weighted by Gasteiger charge is 2.22. The van der Waals surface area contributed by atoms with Gasteiger partial charge in [-0.25, -0.2) is 4.79 Å². The first kappa shape index (κ1) is 23.1. The van der Waals surface area contributed by atoms with Gasteiger partial charge in [0.25, 0.3) is 0 Å². The van der Waals surface area contributed by atoms with Crippen molar-refractivity contribution in [3.8, 4) is 0 Å². The van der Waals surface area contributed by atoms with Crippen molar-refractivity contribution in [1.82, 2.24) is 14.5 Å². The summed E-state index contributed by atoms with van der Waals surface area (Å²) in [6.07, 6.45) is 3.77. The van der Waals surface area contributed by atoms with Crippen LogP contribution in [0.25, 0.3) is 10.8 Å². The lowest BCUT2D eigenvalue weighted by molar-refractivity contribution is -0.113. The maximum atomic E-state index is 12.9. The average molecular weight is 479 g/mol. The van der Waals surface area contributed by atoms with Crippen LogP contribution in [0.4, 0.5) is 5.69 Å².